The van der Waals surface area contributed by atoms with E-state index in [0.717, 1.165) is 33.1 Å². The fourth-order valence-electron chi connectivity index (χ4n) is 2.83. The lowest BCUT2D eigenvalue weighted by Gasteiger charge is -2.17. The van der Waals surface area contributed by atoms with E-state index in [9.17, 15) is 4.79 Å². The molecule has 130 valence electrons. The Bertz CT molecular complexity index is 1120. The van der Waals surface area contributed by atoms with E-state index in [2.05, 4.69) is 11.4 Å². The second-order valence-electron chi connectivity index (χ2n) is 7.44. The fourth-order valence-corrected chi connectivity index (χ4v) is 2.83. The summed E-state index contributed by atoms with van der Waals surface area (Å²) in [5.41, 5.74) is 2.71. The molecule has 0 saturated heterocycles. The van der Waals surface area contributed by atoms with E-state index in [1.165, 1.54) is 0 Å². The number of nitrogens with one attached hydrogen (secondary N) is 1. The van der Waals surface area contributed by atoms with E-state index in [-0.39, 0.29) is 5.91 Å². The number of oxazole rings is 1. The van der Waals surface area contributed by atoms with Gasteiger partial charge in [0.2, 0.25) is 11.8 Å². The first kappa shape index (κ1) is 16.3. The Hall–Kier alpha value is -3.14. The molecule has 1 heterocycles. The largest absolute Gasteiger partial charge is 0.436 e. The van der Waals surface area contributed by atoms with Gasteiger partial charge in [-0.1, -0.05) is 57.2 Å². The number of carbonyl (C=O) groups is 1. The van der Waals surface area contributed by atoms with Crippen LogP contribution in [-0.2, 0) is 4.79 Å². The van der Waals surface area contributed by atoms with E-state index < -0.39 is 5.41 Å². The van der Waals surface area contributed by atoms with Crippen LogP contribution in [0.15, 0.2) is 65.1 Å². The predicted molar refractivity (Wildman–Crippen MR) is 105 cm³/mol. The summed E-state index contributed by atoms with van der Waals surface area (Å²) in [7, 11) is 0. The monoisotopic (exact) mass is 344 g/mol. The van der Waals surface area contributed by atoms with Crippen LogP contribution in [0.4, 0.5) is 5.69 Å². The lowest BCUT2D eigenvalue weighted by Crippen LogP contribution is -2.27. The molecule has 0 saturated carbocycles. The van der Waals surface area contributed by atoms with Gasteiger partial charge in [-0.05, 0) is 29.7 Å². The van der Waals surface area contributed by atoms with E-state index in [4.69, 9.17) is 9.40 Å². The maximum atomic E-state index is 12.2. The molecule has 1 aromatic heterocycles. The molecule has 4 nitrogen and oxygen atoms in total. The van der Waals surface area contributed by atoms with Gasteiger partial charge in [-0.2, -0.15) is 0 Å². The highest BCUT2D eigenvalue weighted by molar-refractivity contribution is 6.04. The lowest BCUT2D eigenvalue weighted by atomic mass is 9.95. The van der Waals surface area contributed by atoms with Crippen LogP contribution in [0.3, 0.4) is 0 Å². The number of rotatable bonds is 2. The van der Waals surface area contributed by atoms with Gasteiger partial charge in [0.25, 0.3) is 0 Å². The Morgan fingerprint density at radius 1 is 1.00 bits per heavy atom. The average Bonchev–Trinajstić information content (AvgIpc) is 3.06. The Morgan fingerprint density at radius 3 is 2.62 bits per heavy atom. The quantitative estimate of drug-likeness (QED) is 0.512. The molecular weight excluding hydrogens is 324 g/mol. The van der Waals surface area contributed by atoms with Crippen molar-refractivity contribution in [1.29, 1.82) is 0 Å². The molecule has 1 N–H and O–H groups in total. The SMILES string of the molecule is CC(C)(C)C(=O)Nc1cccc(-c2nc3c(ccc4ccccc43)o2)c1. The molecule has 26 heavy (non-hydrogen) atoms. The third-order valence-electron chi connectivity index (χ3n) is 4.33. The molecule has 4 aromatic rings. The number of benzene rings is 3. The molecule has 1 amide bonds. The van der Waals surface area contributed by atoms with Crippen molar-refractivity contribution in [2.45, 2.75) is 20.8 Å². The molecule has 0 aliphatic rings. The zero-order valence-electron chi connectivity index (χ0n) is 15.0. The van der Waals surface area contributed by atoms with Crippen LogP contribution in [0.5, 0.6) is 0 Å². The minimum Gasteiger partial charge on any atom is -0.436 e. The van der Waals surface area contributed by atoms with Crippen LogP contribution < -0.4 is 5.32 Å². The summed E-state index contributed by atoms with van der Waals surface area (Å²) < 4.78 is 5.97. The number of hydrogen-bond donors (Lipinski definition) is 1. The van der Waals surface area contributed by atoms with Crippen molar-refractivity contribution in [3.05, 3.63) is 60.7 Å². The third kappa shape index (κ3) is 2.94. The molecule has 0 fully saturated rings. The summed E-state index contributed by atoms with van der Waals surface area (Å²) >= 11 is 0. The molecule has 0 unspecified atom stereocenters. The topological polar surface area (TPSA) is 55.1 Å². The Kier molecular flexibility index (Phi) is 3.76. The maximum Gasteiger partial charge on any atom is 0.229 e. The number of anilines is 1. The second-order valence-corrected chi connectivity index (χ2v) is 7.44. The normalized spacial score (nSPS) is 11.8. The average molecular weight is 344 g/mol. The Labute approximate surface area is 151 Å². The zero-order valence-corrected chi connectivity index (χ0v) is 15.0. The first-order chi connectivity index (χ1) is 12.4. The van der Waals surface area contributed by atoms with Crippen LogP contribution in [0.1, 0.15) is 20.8 Å². The number of hydrogen-bond acceptors (Lipinski definition) is 3. The van der Waals surface area contributed by atoms with Crippen LogP contribution >= 0.6 is 0 Å². The molecule has 0 aliphatic carbocycles. The molecule has 4 heteroatoms. The number of fused-ring (bicyclic) bond motifs is 3. The van der Waals surface area contributed by atoms with Crippen molar-refractivity contribution in [2.24, 2.45) is 5.41 Å². The van der Waals surface area contributed by atoms with Gasteiger partial charge in [0.1, 0.15) is 5.52 Å². The zero-order chi connectivity index (χ0) is 18.3. The highest BCUT2D eigenvalue weighted by atomic mass is 16.3. The molecule has 3 aromatic carbocycles. The molecule has 0 aliphatic heterocycles. The van der Waals surface area contributed by atoms with E-state index in [1.807, 2.05) is 75.4 Å². The van der Waals surface area contributed by atoms with Crippen LogP contribution in [0.2, 0.25) is 0 Å². The van der Waals surface area contributed by atoms with Crippen molar-refractivity contribution in [3.8, 4) is 11.5 Å². The van der Waals surface area contributed by atoms with Crippen molar-refractivity contribution in [2.75, 3.05) is 5.32 Å². The van der Waals surface area contributed by atoms with Crippen molar-refractivity contribution in [1.82, 2.24) is 4.98 Å². The number of nitrogens with zero attached hydrogens (tertiary/aromatic N) is 1. The standard InChI is InChI=1S/C22H20N2O2/c1-22(2,3)21(25)23-16-9-6-8-15(13-16)20-24-19-17-10-5-4-7-14(17)11-12-18(19)26-20/h4-13H,1-3H3,(H,23,25). The van der Waals surface area contributed by atoms with E-state index in [0.29, 0.717) is 5.89 Å². The van der Waals surface area contributed by atoms with Gasteiger partial charge in [-0.15, -0.1) is 0 Å². The third-order valence-corrected chi connectivity index (χ3v) is 4.33. The molecule has 0 bridgehead atoms. The van der Waals surface area contributed by atoms with Crippen LogP contribution in [0, 0.1) is 5.41 Å². The predicted octanol–water partition coefficient (Wildman–Crippen LogP) is 5.63. The maximum absolute atomic E-state index is 12.2. The first-order valence-corrected chi connectivity index (χ1v) is 8.62. The van der Waals surface area contributed by atoms with E-state index >= 15 is 0 Å². The lowest BCUT2D eigenvalue weighted by molar-refractivity contribution is -0.123. The van der Waals surface area contributed by atoms with Crippen molar-refractivity contribution < 1.29 is 9.21 Å². The van der Waals surface area contributed by atoms with Gasteiger partial charge in [0.15, 0.2) is 5.58 Å². The van der Waals surface area contributed by atoms with E-state index in [1.54, 1.807) is 0 Å². The van der Waals surface area contributed by atoms with Gasteiger partial charge in [-0.3, -0.25) is 4.79 Å². The second kappa shape index (κ2) is 5.99. The molecular formula is C22H20N2O2. The first-order valence-electron chi connectivity index (χ1n) is 8.62. The van der Waals surface area contributed by atoms with Gasteiger partial charge in [-0.25, -0.2) is 4.98 Å². The molecule has 0 radical (unpaired) electrons. The summed E-state index contributed by atoms with van der Waals surface area (Å²) in [6, 6.07) is 19.7. The van der Waals surface area contributed by atoms with Gasteiger partial charge < -0.3 is 9.73 Å². The van der Waals surface area contributed by atoms with Crippen molar-refractivity contribution in [3.63, 3.8) is 0 Å². The molecule has 0 spiro atoms. The highest BCUT2D eigenvalue weighted by Crippen LogP contribution is 2.30. The highest BCUT2D eigenvalue weighted by Gasteiger charge is 2.21. The summed E-state index contributed by atoms with van der Waals surface area (Å²) in [6.45, 7) is 5.66. The Morgan fingerprint density at radius 2 is 1.81 bits per heavy atom. The smallest absolute Gasteiger partial charge is 0.229 e. The fraction of sp³-hybridized carbons (Fsp3) is 0.182. The van der Waals surface area contributed by atoms with Crippen LogP contribution in [0.25, 0.3) is 33.3 Å². The van der Waals surface area contributed by atoms with Gasteiger partial charge in [0, 0.05) is 22.1 Å². The number of carbonyl (C=O) groups excluding carboxylic acids is 1. The van der Waals surface area contributed by atoms with Crippen molar-refractivity contribution >= 4 is 33.5 Å². The van der Waals surface area contributed by atoms with Gasteiger partial charge >= 0.3 is 0 Å². The summed E-state index contributed by atoms with van der Waals surface area (Å²) in [5.74, 6) is 0.515. The molecule has 4 rings (SSSR count). The Balaban J connectivity index is 1.75. The summed E-state index contributed by atoms with van der Waals surface area (Å²) in [5, 5.41) is 5.14. The molecule has 0 atom stereocenters. The summed E-state index contributed by atoms with van der Waals surface area (Å²) in [4.78, 5) is 16.9. The van der Waals surface area contributed by atoms with Crippen LogP contribution in [-0.4, -0.2) is 10.9 Å². The van der Waals surface area contributed by atoms with Gasteiger partial charge in [0.05, 0.1) is 0 Å². The minimum absolute atomic E-state index is 0.0294. The summed E-state index contributed by atoms with van der Waals surface area (Å²) in [6.07, 6.45) is 0. The number of amides is 1. The number of aromatic nitrogens is 1. The minimum atomic E-state index is -0.452.